The molecule has 2 atom stereocenters. The fourth-order valence-corrected chi connectivity index (χ4v) is 6.56. The van der Waals surface area contributed by atoms with Gasteiger partial charge in [-0.3, -0.25) is 14.4 Å². The first-order valence-electron chi connectivity index (χ1n) is 16.3. The van der Waals surface area contributed by atoms with Gasteiger partial charge < -0.3 is 26.2 Å². The summed E-state index contributed by atoms with van der Waals surface area (Å²) in [5.74, 6) is 0.0644. The van der Waals surface area contributed by atoms with Crippen molar-refractivity contribution in [3.05, 3.63) is 35.6 Å². The van der Waals surface area contributed by atoms with E-state index >= 15 is 0 Å². The van der Waals surface area contributed by atoms with Crippen LogP contribution in [0.25, 0.3) is 0 Å². The van der Waals surface area contributed by atoms with Gasteiger partial charge in [-0.25, -0.2) is 4.39 Å². The maximum Gasteiger partial charge on any atom is 0.245 e. The largest absolute Gasteiger partial charge is 0.351 e. The van der Waals surface area contributed by atoms with Gasteiger partial charge in [0.2, 0.25) is 17.7 Å². The molecule has 2 aliphatic rings. The monoisotopic (exact) mass is 601 g/mol. The highest BCUT2D eigenvalue weighted by Crippen LogP contribution is 2.46. The highest BCUT2D eigenvalue weighted by molar-refractivity contribution is 5.89. The number of likely N-dealkylation sites (N-methyl/N-ethyl adjacent to an activating group) is 1. The summed E-state index contributed by atoms with van der Waals surface area (Å²) in [6.45, 7) is 12.3. The van der Waals surface area contributed by atoms with Crippen molar-refractivity contribution < 1.29 is 18.8 Å². The summed E-state index contributed by atoms with van der Waals surface area (Å²) in [6, 6.07) is 5.31. The van der Waals surface area contributed by atoms with Crippen molar-refractivity contribution in [2.45, 2.75) is 110 Å². The fourth-order valence-electron chi connectivity index (χ4n) is 6.56. The van der Waals surface area contributed by atoms with Gasteiger partial charge in [0.05, 0.1) is 5.41 Å². The van der Waals surface area contributed by atoms with E-state index < -0.39 is 11.5 Å². The molecule has 1 saturated heterocycles. The number of halogens is 1. The van der Waals surface area contributed by atoms with Crippen molar-refractivity contribution in [1.29, 1.82) is 0 Å². The number of hydrogen-bond donors (Lipinski definition) is 3. The summed E-state index contributed by atoms with van der Waals surface area (Å²) >= 11 is 0. The van der Waals surface area contributed by atoms with E-state index in [4.69, 9.17) is 5.73 Å². The second kappa shape index (κ2) is 15.5. The molecule has 242 valence electrons. The van der Waals surface area contributed by atoms with E-state index in [1.807, 2.05) is 37.6 Å². The molecule has 0 radical (unpaired) electrons. The molecule has 1 heterocycles. The van der Waals surface area contributed by atoms with E-state index in [0.717, 1.165) is 31.2 Å². The van der Waals surface area contributed by atoms with Crippen LogP contribution >= 0.6 is 0 Å². The Hall–Kier alpha value is -2.52. The van der Waals surface area contributed by atoms with Crippen LogP contribution in [0, 0.1) is 23.1 Å². The van der Waals surface area contributed by atoms with E-state index in [2.05, 4.69) is 24.5 Å². The molecule has 9 heteroatoms. The van der Waals surface area contributed by atoms with Crippen molar-refractivity contribution in [2.75, 3.05) is 33.2 Å². The molecule has 3 rings (SSSR count). The van der Waals surface area contributed by atoms with Crippen molar-refractivity contribution in [3.63, 3.8) is 0 Å². The van der Waals surface area contributed by atoms with Crippen LogP contribution in [-0.2, 0) is 20.8 Å². The Labute approximate surface area is 258 Å². The molecule has 0 aromatic heterocycles. The van der Waals surface area contributed by atoms with Crippen LogP contribution in [0.2, 0.25) is 0 Å². The predicted octanol–water partition coefficient (Wildman–Crippen LogP) is 4.26. The summed E-state index contributed by atoms with van der Waals surface area (Å²) < 4.78 is 13.6. The number of hydrogen-bond acceptors (Lipinski definition) is 5. The number of piperidine rings is 1. The number of carbonyl (C=O) groups excluding carboxylic acids is 3. The first kappa shape index (κ1) is 35.0. The molecule has 4 N–H and O–H groups in total. The van der Waals surface area contributed by atoms with Gasteiger partial charge in [0.1, 0.15) is 11.9 Å². The van der Waals surface area contributed by atoms with Gasteiger partial charge in [-0.15, -0.1) is 0 Å². The lowest BCUT2D eigenvalue weighted by Crippen LogP contribution is -2.59. The third kappa shape index (κ3) is 10.3. The number of likely N-dealkylation sites (tertiary alicyclic amines) is 1. The van der Waals surface area contributed by atoms with E-state index in [0.29, 0.717) is 50.9 Å². The third-order valence-corrected chi connectivity index (χ3v) is 9.38. The maximum absolute atomic E-state index is 14.0. The zero-order valence-electron chi connectivity index (χ0n) is 27.4. The minimum absolute atomic E-state index is 0.0196. The van der Waals surface area contributed by atoms with Gasteiger partial charge >= 0.3 is 0 Å². The summed E-state index contributed by atoms with van der Waals surface area (Å²) in [5.41, 5.74) is 6.16. The first-order valence-corrected chi connectivity index (χ1v) is 16.3. The number of nitrogens with two attached hydrogens (primary N) is 1. The van der Waals surface area contributed by atoms with Crippen LogP contribution in [0.3, 0.4) is 0 Å². The van der Waals surface area contributed by atoms with Crippen molar-refractivity contribution in [3.8, 4) is 0 Å². The lowest BCUT2D eigenvalue weighted by Gasteiger charge is -2.48. The molecule has 43 heavy (non-hydrogen) atoms. The smallest absolute Gasteiger partial charge is 0.245 e. The maximum atomic E-state index is 14.0. The Bertz CT molecular complexity index is 1060. The number of benzene rings is 1. The van der Waals surface area contributed by atoms with Crippen LogP contribution in [0.15, 0.2) is 24.3 Å². The van der Waals surface area contributed by atoms with Crippen molar-refractivity contribution >= 4 is 17.7 Å². The Morgan fingerprint density at radius 1 is 1.07 bits per heavy atom. The predicted molar refractivity (Wildman–Crippen MR) is 170 cm³/mol. The fraction of sp³-hybridized carbons (Fsp3) is 0.735. The quantitative estimate of drug-likeness (QED) is 0.332. The number of nitrogens with one attached hydrogen (secondary N) is 2. The number of nitrogens with zero attached hydrogens (tertiary/aromatic N) is 2. The third-order valence-electron chi connectivity index (χ3n) is 9.38. The van der Waals surface area contributed by atoms with E-state index in [1.54, 1.807) is 12.1 Å². The Morgan fingerprint density at radius 2 is 1.67 bits per heavy atom. The Balaban J connectivity index is 1.71. The van der Waals surface area contributed by atoms with Crippen LogP contribution in [0.1, 0.15) is 91.5 Å². The van der Waals surface area contributed by atoms with Gasteiger partial charge in [-0.1, -0.05) is 45.2 Å². The lowest BCUT2D eigenvalue weighted by atomic mass is 9.63. The van der Waals surface area contributed by atoms with Gasteiger partial charge in [-0.2, -0.15) is 0 Å². The molecule has 0 bridgehead atoms. The topological polar surface area (TPSA) is 108 Å². The van der Waals surface area contributed by atoms with E-state index in [1.165, 1.54) is 18.6 Å². The van der Waals surface area contributed by atoms with E-state index in [9.17, 15) is 18.8 Å². The average molecular weight is 602 g/mol. The highest BCUT2D eigenvalue weighted by atomic mass is 19.1. The molecule has 1 aromatic rings. The molecule has 2 fully saturated rings. The molecular weight excluding hydrogens is 545 g/mol. The SMILES string of the molecule is CC(C)C(N)CN(C)CCC(=O)N[C@H](Cc1ccc(F)cc1)C(=O)N1CCC(C(=O)NC(C)(C)C)(C2CCCCC2)CC1. The second-order valence-electron chi connectivity index (χ2n) is 14.4. The molecule has 0 spiro atoms. The molecule has 3 amide bonds. The van der Waals surface area contributed by atoms with E-state index in [-0.39, 0.29) is 48.0 Å². The molecule has 1 aliphatic carbocycles. The van der Waals surface area contributed by atoms with Gasteiger partial charge in [-0.05, 0) is 83.0 Å². The summed E-state index contributed by atoms with van der Waals surface area (Å²) in [6.07, 6.45) is 7.33. The van der Waals surface area contributed by atoms with Crippen LogP contribution in [0.4, 0.5) is 4.39 Å². The summed E-state index contributed by atoms with van der Waals surface area (Å²) in [5, 5.41) is 6.24. The lowest BCUT2D eigenvalue weighted by molar-refractivity contribution is -0.147. The number of carbonyl (C=O) groups is 3. The molecule has 1 aromatic carbocycles. The average Bonchev–Trinajstić information content (AvgIpc) is 2.96. The van der Waals surface area contributed by atoms with Crippen molar-refractivity contribution in [2.24, 2.45) is 23.0 Å². The van der Waals surface area contributed by atoms with Crippen LogP contribution in [-0.4, -0.2) is 78.4 Å². The molecule has 8 nitrogen and oxygen atoms in total. The van der Waals surface area contributed by atoms with Gasteiger partial charge in [0.25, 0.3) is 0 Å². The number of amides is 3. The van der Waals surface area contributed by atoms with Gasteiger partial charge in [0, 0.05) is 50.6 Å². The van der Waals surface area contributed by atoms with Crippen LogP contribution in [0.5, 0.6) is 0 Å². The standard InChI is InChI=1S/C34H56FN5O3/c1-24(2)28(36)23-39(6)19-16-30(41)37-29(22-25-12-14-27(35)15-13-25)31(42)40-20-17-34(18-21-40,26-10-8-7-9-11-26)32(43)38-33(3,4)5/h12-15,24,26,28-29H,7-11,16-23,36H2,1-6H3,(H,37,41)(H,38,43)/t28?,29-/m1/s1. The first-order chi connectivity index (χ1) is 20.2. The zero-order valence-corrected chi connectivity index (χ0v) is 27.4. The Kier molecular flexibility index (Phi) is 12.6. The normalized spacial score (nSPS) is 19.3. The van der Waals surface area contributed by atoms with Crippen molar-refractivity contribution in [1.82, 2.24) is 20.4 Å². The Morgan fingerprint density at radius 3 is 2.23 bits per heavy atom. The molecule has 1 aliphatic heterocycles. The highest BCUT2D eigenvalue weighted by Gasteiger charge is 2.49. The molecule has 1 saturated carbocycles. The van der Waals surface area contributed by atoms with Gasteiger partial charge in [0.15, 0.2) is 0 Å². The molecular formula is C34H56FN5O3. The second-order valence-corrected chi connectivity index (χ2v) is 14.4. The minimum atomic E-state index is -0.772. The summed E-state index contributed by atoms with van der Waals surface area (Å²) in [4.78, 5) is 44.7. The summed E-state index contributed by atoms with van der Waals surface area (Å²) in [7, 11) is 1.94. The zero-order chi connectivity index (χ0) is 31.8. The molecule has 1 unspecified atom stereocenters. The minimum Gasteiger partial charge on any atom is -0.351 e. The van der Waals surface area contributed by atoms with Crippen LogP contribution < -0.4 is 16.4 Å². The number of rotatable bonds is 12.